The predicted octanol–water partition coefficient (Wildman–Crippen LogP) is 3.06. The summed E-state index contributed by atoms with van der Waals surface area (Å²) in [7, 11) is 3.74. The third-order valence-corrected chi connectivity index (χ3v) is 4.52. The summed E-state index contributed by atoms with van der Waals surface area (Å²) in [6.07, 6.45) is 3.50. The van der Waals surface area contributed by atoms with E-state index in [2.05, 4.69) is 33.9 Å². The van der Waals surface area contributed by atoms with Crippen molar-refractivity contribution < 1.29 is 9.84 Å². The van der Waals surface area contributed by atoms with Gasteiger partial charge in [0.25, 0.3) is 0 Å². The molecule has 1 aliphatic carbocycles. The summed E-state index contributed by atoms with van der Waals surface area (Å²) in [4.78, 5) is 2.21. The number of hydrogen-bond acceptors (Lipinski definition) is 3. The third-order valence-electron chi connectivity index (χ3n) is 3.90. The van der Waals surface area contributed by atoms with E-state index in [4.69, 9.17) is 4.74 Å². The van der Waals surface area contributed by atoms with Crippen LogP contribution in [-0.2, 0) is 0 Å². The van der Waals surface area contributed by atoms with Crippen molar-refractivity contribution >= 4 is 21.6 Å². The molecule has 1 aromatic rings. The van der Waals surface area contributed by atoms with E-state index in [-0.39, 0.29) is 12.0 Å². The van der Waals surface area contributed by atoms with Gasteiger partial charge < -0.3 is 14.7 Å². The molecule has 0 unspecified atom stereocenters. The molecule has 0 heterocycles. The summed E-state index contributed by atoms with van der Waals surface area (Å²) in [5.74, 6) is 0.840. The van der Waals surface area contributed by atoms with Crippen LogP contribution in [0, 0.1) is 5.41 Å². The summed E-state index contributed by atoms with van der Waals surface area (Å²) < 4.78 is 6.19. The van der Waals surface area contributed by atoms with Crippen LogP contribution < -0.4 is 9.64 Å². The lowest BCUT2D eigenvalue weighted by Crippen LogP contribution is -2.43. The molecule has 1 saturated carbocycles. The molecule has 0 aromatic heterocycles. The maximum atomic E-state index is 9.51. The van der Waals surface area contributed by atoms with Gasteiger partial charge in [-0.05, 0) is 47.0 Å². The van der Waals surface area contributed by atoms with Crippen LogP contribution in [0.2, 0.25) is 0 Å². The van der Waals surface area contributed by atoms with E-state index in [9.17, 15) is 5.11 Å². The molecule has 0 saturated heterocycles. The molecule has 1 aromatic carbocycles. The number of ether oxygens (including phenoxy) is 1. The van der Waals surface area contributed by atoms with Crippen molar-refractivity contribution in [1.29, 1.82) is 0 Å². The smallest absolute Gasteiger partial charge is 0.133 e. The van der Waals surface area contributed by atoms with Gasteiger partial charge in [0, 0.05) is 24.7 Å². The highest BCUT2D eigenvalue weighted by atomic mass is 79.9. The number of hydrogen-bond donors (Lipinski definition) is 1. The zero-order valence-electron chi connectivity index (χ0n) is 10.9. The fourth-order valence-corrected chi connectivity index (χ4v) is 3.06. The van der Waals surface area contributed by atoms with Crippen molar-refractivity contribution in [1.82, 2.24) is 0 Å². The lowest BCUT2D eigenvalue weighted by molar-refractivity contribution is 0.0524. The first-order valence-corrected chi connectivity index (χ1v) is 7.05. The van der Waals surface area contributed by atoms with Crippen LogP contribution in [-0.4, -0.2) is 32.4 Å². The van der Waals surface area contributed by atoms with Crippen LogP contribution >= 0.6 is 15.9 Å². The van der Waals surface area contributed by atoms with Gasteiger partial charge in [-0.1, -0.05) is 6.42 Å². The Morgan fingerprint density at radius 2 is 2.17 bits per heavy atom. The Bertz CT molecular complexity index is 413. The predicted molar refractivity (Wildman–Crippen MR) is 77.3 cm³/mol. The second-order valence-corrected chi connectivity index (χ2v) is 6.04. The van der Waals surface area contributed by atoms with E-state index in [1.54, 1.807) is 7.11 Å². The Hall–Kier alpha value is -0.740. The molecule has 0 radical (unpaired) electrons. The molecule has 3 nitrogen and oxygen atoms in total. The average molecular weight is 314 g/mol. The molecule has 0 aliphatic heterocycles. The highest BCUT2D eigenvalue weighted by molar-refractivity contribution is 9.10. The molecule has 1 aliphatic rings. The molecule has 100 valence electrons. The fraction of sp³-hybridized carbons (Fsp3) is 0.571. The van der Waals surface area contributed by atoms with Gasteiger partial charge in [0.2, 0.25) is 0 Å². The van der Waals surface area contributed by atoms with Gasteiger partial charge in [-0.15, -0.1) is 0 Å². The summed E-state index contributed by atoms with van der Waals surface area (Å²) >= 11 is 3.50. The van der Waals surface area contributed by atoms with Crippen LogP contribution in [0.25, 0.3) is 0 Å². The largest absolute Gasteiger partial charge is 0.496 e. The van der Waals surface area contributed by atoms with Gasteiger partial charge in [0.05, 0.1) is 18.2 Å². The minimum absolute atomic E-state index is 0.112. The number of rotatable bonds is 5. The van der Waals surface area contributed by atoms with E-state index in [1.165, 1.54) is 6.42 Å². The van der Waals surface area contributed by atoms with Crippen molar-refractivity contribution in [2.75, 3.05) is 32.2 Å². The molecule has 0 bridgehead atoms. The van der Waals surface area contributed by atoms with E-state index >= 15 is 0 Å². The zero-order valence-corrected chi connectivity index (χ0v) is 12.5. The first kappa shape index (κ1) is 13.7. The van der Waals surface area contributed by atoms with Gasteiger partial charge in [0.1, 0.15) is 5.75 Å². The first-order chi connectivity index (χ1) is 8.60. The van der Waals surface area contributed by atoms with Crippen LogP contribution in [0.15, 0.2) is 22.7 Å². The van der Waals surface area contributed by atoms with Crippen molar-refractivity contribution in [2.45, 2.75) is 19.3 Å². The average Bonchev–Trinajstić information content (AvgIpc) is 2.33. The van der Waals surface area contributed by atoms with Crippen LogP contribution in [0.4, 0.5) is 5.69 Å². The zero-order chi connectivity index (χ0) is 13.2. The highest BCUT2D eigenvalue weighted by Crippen LogP contribution is 2.41. The normalized spacial score (nSPS) is 17.1. The fourth-order valence-electron chi connectivity index (χ4n) is 2.53. The van der Waals surface area contributed by atoms with E-state index < -0.39 is 0 Å². The number of nitrogens with zero attached hydrogens (tertiary/aromatic N) is 1. The summed E-state index contributed by atoms with van der Waals surface area (Å²) in [5, 5.41) is 9.51. The molecule has 0 atom stereocenters. The van der Waals surface area contributed by atoms with Gasteiger partial charge in [-0.2, -0.15) is 0 Å². The summed E-state index contributed by atoms with van der Waals surface area (Å²) in [6.45, 7) is 1.19. The molecule has 18 heavy (non-hydrogen) atoms. The molecular weight excluding hydrogens is 294 g/mol. The van der Waals surface area contributed by atoms with Crippen molar-refractivity contribution in [3.63, 3.8) is 0 Å². The SMILES string of the molecule is COc1ccc(N(C)CC2(CO)CCC2)cc1Br. The second kappa shape index (κ2) is 5.49. The number of anilines is 1. The maximum Gasteiger partial charge on any atom is 0.133 e. The van der Waals surface area contributed by atoms with Gasteiger partial charge in [0.15, 0.2) is 0 Å². The highest BCUT2D eigenvalue weighted by Gasteiger charge is 2.37. The van der Waals surface area contributed by atoms with E-state index in [0.717, 1.165) is 35.3 Å². The molecule has 0 amide bonds. The molecule has 0 spiro atoms. The minimum atomic E-state index is 0.112. The van der Waals surface area contributed by atoms with Crippen LogP contribution in [0.3, 0.4) is 0 Å². The maximum absolute atomic E-state index is 9.51. The van der Waals surface area contributed by atoms with E-state index in [1.807, 2.05) is 12.1 Å². The van der Waals surface area contributed by atoms with E-state index in [0.29, 0.717) is 0 Å². The van der Waals surface area contributed by atoms with Crippen LogP contribution in [0.5, 0.6) is 5.75 Å². The Morgan fingerprint density at radius 3 is 2.61 bits per heavy atom. The number of aliphatic hydroxyl groups is 1. The quantitative estimate of drug-likeness (QED) is 0.907. The van der Waals surface area contributed by atoms with Crippen molar-refractivity contribution in [3.05, 3.63) is 22.7 Å². The number of aliphatic hydroxyl groups excluding tert-OH is 1. The Morgan fingerprint density at radius 1 is 1.44 bits per heavy atom. The van der Waals surface area contributed by atoms with Crippen molar-refractivity contribution in [2.24, 2.45) is 5.41 Å². The van der Waals surface area contributed by atoms with Crippen LogP contribution in [0.1, 0.15) is 19.3 Å². The summed E-state index contributed by atoms with van der Waals surface area (Å²) in [6, 6.07) is 6.07. The number of benzene rings is 1. The summed E-state index contributed by atoms with van der Waals surface area (Å²) in [5.41, 5.74) is 1.25. The molecular formula is C14H20BrNO2. The Kier molecular flexibility index (Phi) is 4.17. The molecule has 1 N–H and O–H groups in total. The number of halogens is 1. The van der Waals surface area contributed by atoms with Gasteiger partial charge >= 0.3 is 0 Å². The molecule has 4 heteroatoms. The van der Waals surface area contributed by atoms with Gasteiger partial charge in [-0.25, -0.2) is 0 Å². The second-order valence-electron chi connectivity index (χ2n) is 5.19. The third kappa shape index (κ3) is 2.64. The monoisotopic (exact) mass is 313 g/mol. The Balaban J connectivity index is 2.09. The van der Waals surface area contributed by atoms with Crippen molar-refractivity contribution in [3.8, 4) is 5.75 Å². The Labute approximate surface area is 117 Å². The lowest BCUT2D eigenvalue weighted by atomic mass is 9.69. The lowest BCUT2D eigenvalue weighted by Gasteiger charge is -2.43. The topological polar surface area (TPSA) is 32.7 Å². The first-order valence-electron chi connectivity index (χ1n) is 6.26. The number of methoxy groups -OCH3 is 1. The molecule has 2 rings (SSSR count). The van der Waals surface area contributed by atoms with Gasteiger partial charge in [-0.3, -0.25) is 0 Å². The standard InChI is InChI=1S/C14H20BrNO2/c1-16(9-14(10-17)6-3-7-14)11-4-5-13(18-2)12(15)8-11/h4-5,8,17H,3,6-7,9-10H2,1-2H3. The minimum Gasteiger partial charge on any atom is -0.496 e. The molecule has 1 fully saturated rings.